The lowest BCUT2D eigenvalue weighted by Crippen LogP contribution is -2.09. The predicted molar refractivity (Wildman–Crippen MR) is 75.0 cm³/mol. The van der Waals surface area contributed by atoms with E-state index < -0.39 is 0 Å². The summed E-state index contributed by atoms with van der Waals surface area (Å²) >= 11 is 0. The van der Waals surface area contributed by atoms with Gasteiger partial charge in [-0.25, -0.2) is 0 Å². The van der Waals surface area contributed by atoms with E-state index in [0.29, 0.717) is 0 Å². The van der Waals surface area contributed by atoms with Crippen LogP contribution in [0.3, 0.4) is 0 Å². The van der Waals surface area contributed by atoms with Crippen molar-refractivity contribution in [3.05, 3.63) is 35.5 Å². The minimum atomic E-state index is 0.195. The van der Waals surface area contributed by atoms with E-state index in [4.69, 9.17) is 4.74 Å². The summed E-state index contributed by atoms with van der Waals surface area (Å²) in [7, 11) is 1.94. The van der Waals surface area contributed by atoms with Crippen LogP contribution >= 0.6 is 0 Å². The van der Waals surface area contributed by atoms with E-state index in [9.17, 15) is 0 Å². The number of aromatic nitrogens is 1. The van der Waals surface area contributed by atoms with Crippen LogP contribution in [0.15, 0.2) is 24.3 Å². The molecular formula is C15H20N2O. The molecule has 0 radical (unpaired) electrons. The summed E-state index contributed by atoms with van der Waals surface area (Å²) in [5.41, 5.74) is 3.32. The molecule has 0 fully saturated rings. The maximum Gasteiger partial charge on any atom is 0.120 e. The molecule has 1 aromatic carbocycles. The summed E-state index contributed by atoms with van der Waals surface area (Å²) in [6, 6.07) is 8.22. The van der Waals surface area contributed by atoms with Crippen molar-refractivity contribution in [2.75, 3.05) is 7.05 Å². The van der Waals surface area contributed by atoms with Gasteiger partial charge in [0.15, 0.2) is 0 Å². The van der Waals surface area contributed by atoms with Crippen LogP contribution in [0.4, 0.5) is 0 Å². The number of fused-ring (bicyclic) bond motifs is 1. The Morgan fingerprint density at radius 1 is 1.28 bits per heavy atom. The number of aryl methyl sites for hydroxylation is 1. The van der Waals surface area contributed by atoms with Gasteiger partial charge in [-0.15, -0.1) is 0 Å². The molecule has 0 saturated carbocycles. The van der Waals surface area contributed by atoms with Gasteiger partial charge in [-0.1, -0.05) is 0 Å². The molecule has 96 valence electrons. The summed E-state index contributed by atoms with van der Waals surface area (Å²) in [5, 5.41) is 4.27. The zero-order chi connectivity index (χ0) is 13.1. The third kappa shape index (κ3) is 2.79. The molecule has 0 aliphatic heterocycles. The van der Waals surface area contributed by atoms with Gasteiger partial charge in [0.25, 0.3) is 0 Å². The van der Waals surface area contributed by atoms with Crippen LogP contribution < -0.4 is 10.1 Å². The third-order valence-corrected chi connectivity index (χ3v) is 2.80. The van der Waals surface area contributed by atoms with Crippen molar-refractivity contribution < 1.29 is 4.74 Å². The van der Waals surface area contributed by atoms with Gasteiger partial charge < -0.3 is 10.1 Å². The van der Waals surface area contributed by atoms with E-state index in [2.05, 4.69) is 29.4 Å². The quantitative estimate of drug-likeness (QED) is 0.897. The van der Waals surface area contributed by atoms with Gasteiger partial charge in [0.1, 0.15) is 5.75 Å². The van der Waals surface area contributed by atoms with Crippen LogP contribution in [0.25, 0.3) is 10.9 Å². The van der Waals surface area contributed by atoms with E-state index >= 15 is 0 Å². The first kappa shape index (κ1) is 12.8. The van der Waals surface area contributed by atoms with E-state index in [-0.39, 0.29) is 6.10 Å². The van der Waals surface area contributed by atoms with Gasteiger partial charge in [0.2, 0.25) is 0 Å². The van der Waals surface area contributed by atoms with Crippen molar-refractivity contribution in [2.24, 2.45) is 0 Å². The second-order valence-electron chi connectivity index (χ2n) is 4.80. The fourth-order valence-corrected chi connectivity index (χ4v) is 1.99. The molecule has 2 aromatic rings. The van der Waals surface area contributed by atoms with Crippen molar-refractivity contribution in [3.8, 4) is 5.75 Å². The molecular weight excluding hydrogens is 224 g/mol. The van der Waals surface area contributed by atoms with E-state index in [0.717, 1.165) is 28.9 Å². The van der Waals surface area contributed by atoms with Crippen molar-refractivity contribution in [3.63, 3.8) is 0 Å². The normalized spacial score (nSPS) is 11.2. The molecule has 0 aliphatic carbocycles. The van der Waals surface area contributed by atoms with Crippen LogP contribution in [-0.2, 0) is 6.54 Å². The molecule has 3 nitrogen and oxygen atoms in total. The Morgan fingerprint density at radius 3 is 2.72 bits per heavy atom. The molecule has 0 atom stereocenters. The first-order chi connectivity index (χ1) is 8.60. The summed E-state index contributed by atoms with van der Waals surface area (Å²) < 4.78 is 5.70. The fourth-order valence-electron chi connectivity index (χ4n) is 1.99. The molecule has 1 heterocycles. The number of pyridine rings is 1. The van der Waals surface area contributed by atoms with Crippen molar-refractivity contribution >= 4 is 10.9 Å². The van der Waals surface area contributed by atoms with Gasteiger partial charge in [0, 0.05) is 11.9 Å². The van der Waals surface area contributed by atoms with E-state index in [1.807, 2.05) is 33.0 Å². The smallest absolute Gasteiger partial charge is 0.120 e. The third-order valence-electron chi connectivity index (χ3n) is 2.80. The second kappa shape index (κ2) is 5.36. The summed E-state index contributed by atoms with van der Waals surface area (Å²) in [6.45, 7) is 6.95. The van der Waals surface area contributed by atoms with Crippen LogP contribution in [0.2, 0.25) is 0 Å². The van der Waals surface area contributed by atoms with Gasteiger partial charge in [-0.05, 0) is 57.6 Å². The average Bonchev–Trinajstić information content (AvgIpc) is 2.30. The molecule has 2 rings (SSSR count). The minimum absolute atomic E-state index is 0.195. The summed E-state index contributed by atoms with van der Waals surface area (Å²) in [5.74, 6) is 0.903. The van der Waals surface area contributed by atoms with Gasteiger partial charge >= 0.3 is 0 Å². The van der Waals surface area contributed by atoms with Crippen molar-refractivity contribution in [1.29, 1.82) is 0 Å². The highest BCUT2D eigenvalue weighted by Gasteiger charge is 2.05. The van der Waals surface area contributed by atoms with E-state index in [1.165, 1.54) is 5.56 Å². The standard InChI is InChI=1S/C15H20N2O/c1-10(2)18-13-5-6-14-12(8-13)7-11(3)15(17-14)9-16-4/h5-8,10,16H,9H2,1-4H3. The number of hydrogen-bond acceptors (Lipinski definition) is 3. The van der Waals surface area contributed by atoms with E-state index in [1.54, 1.807) is 0 Å². The maximum absolute atomic E-state index is 5.70. The Bertz CT molecular complexity index is 549. The molecule has 1 aromatic heterocycles. The molecule has 0 aliphatic rings. The number of benzene rings is 1. The van der Waals surface area contributed by atoms with Gasteiger partial charge in [-0.2, -0.15) is 0 Å². The molecule has 0 spiro atoms. The highest BCUT2D eigenvalue weighted by Crippen LogP contribution is 2.22. The average molecular weight is 244 g/mol. The first-order valence-electron chi connectivity index (χ1n) is 6.31. The SMILES string of the molecule is CNCc1nc2ccc(OC(C)C)cc2cc1C. The topological polar surface area (TPSA) is 34.2 Å². The number of nitrogens with zero attached hydrogens (tertiary/aromatic N) is 1. The first-order valence-corrected chi connectivity index (χ1v) is 6.31. The zero-order valence-electron chi connectivity index (χ0n) is 11.4. The number of hydrogen-bond donors (Lipinski definition) is 1. The second-order valence-corrected chi connectivity index (χ2v) is 4.80. The largest absolute Gasteiger partial charge is 0.491 e. The minimum Gasteiger partial charge on any atom is -0.491 e. The highest BCUT2D eigenvalue weighted by atomic mass is 16.5. The van der Waals surface area contributed by atoms with Crippen LogP contribution in [-0.4, -0.2) is 18.1 Å². The lowest BCUT2D eigenvalue weighted by molar-refractivity contribution is 0.243. The molecule has 18 heavy (non-hydrogen) atoms. The van der Waals surface area contributed by atoms with Crippen LogP contribution in [0, 0.1) is 6.92 Å². The van der Waals surface area contributed by atoms with Gasteiger partial charge in [0.05, 0.1) is 17.3 Å². The Morgan fingerprint density at radius 2 is 2.06 bits per heavy atom. The van der Waals surface area contributed by atoms with Crippen LogP contribution in [0.1, 0.15) is 25.1 Å². The maximum atomic E-state index is 5.70. The molecule has 1 N–H and O–H groups in total. The monoisotopic (exact) mass is 244 g/mol. The predicted octanol–water partition coefficient (Wildman–Crippen LogP) is 3.05. The molecule has 0 unspecified atom stereocenters. The molecule has 3 heteroatoms. The zero-order valence-corrected chi connectivity index (χ0v) is 11.4. The lowest BCUT2D eigenvalue weighted by Gasteiger charge is -2.11. The van der Waals surface area contributed by atoms with Gasteiger partial charge in [-0.3, -0.25) is 4.98 Å². The lowest BCUT2D eigenvalue weighted by atomic mass is 10.1. The molecule has 0 bridgehead atoms. The Balaban J connectivity index is 2.42. The Kier molecular flexibility index (Phi) is 3.82. The summed E-state index contributed by atoms with van der Waals surface area (Å²) in [6.07, 6.45) is 0.195. The number of rotatable bonds is 4. The molecule has 0 amide bonds. The van der Waals surface area contributed by atoms with Crippen LogP contribution in [0.5, 0.6) is 5.75 Å². The number of ether oxygens (including phenoxy) is 1. The summed E-state index contributed by atoms with van der Waals surface area (Å²) in [4.78, 5) is 4.67. The fraction of sp³-hybridized carbons (Fsp3) is 0.400. The van der Waals surface area contributed by atoms with Crippen molar-refractivity contribution in [2.45, 2.75) is 33.4 Å². The van der Waals surface area contributed by atoms with Crippen molar-refractivity contribution in [1.82, 2.24) is 10.3 Å². The highest BCUT2D eigenvalue weighted by molar-refractivity contribution is 5.81. The number of nitrogens with one attached hydrogen (secondary N) is 1. The molecule has 0 saturated heterocycles. The Labute approximate surface area is 108 Å². The Hall–Kier alpha value is -1.61.